The van der Waals surface area contributed by atoms with Gasteiger partial charge in [-0.2, -0.15) is 0 Å². The van der Waals surface area contributed by atoms with E-state index in [9.17, 15) is 4.39 Å². The van der Waals surface area contributed by atoms with Crippen molar-refractivity contribution in [2.45, 2.75) is 19.6 Å². The zero-order chi connectivity index (χ0) is 14.7. The van der Waals surface area contributed by atoms with E-state index in [1.54, 1.807) is 0 Å². The molecule has 0 saturated heterocycles. The smallest absolute Gasteiger partial charge is 0.124 e. The highest BCUT2D eigenvalue weighted by Crippen LogP contribution is 2.29. The van der Waals surface area contributed by atoms with Crippen molar-refractivity contribution in [2.75, 3.05) is 0 Å². The number of halogens is 3. The monoisotopic (exact) mass is 357 g/mol. The van der Waals surface area contributed by atoms with E-state index < -0.39 is 0 Å². The van der Waals surface area contributed by atoms with Crippen LogP contribution in [0.15, 0.2) is 40.9 Å². The first kappa shape index (κ1) is 15.3. The molecule has 0 aromatic heterocycles. The highest BCUT2D eigenvalue weighted by atomic mass is 79.9. The number of benzene rings is 2. The molecular formula is C15H14BrClFNO. The Labute approximate surface area is 130 Å². The average Bonchev–Trinajstić information content (AvgIpc) is 2.40. The lowest BCUT2D eigenvalue weighted by Crippen LogP contribution is -2.08. The van der Waals surface area contributed by atoms with E-state index in [1.807, 2.05) is 25.1 Å². The van der Waals surface area contributed by atoms with Crippen LogP contribution in [-0.4, -0.2) is 0 Å². The maximum absolute atomic E-state index is 13.2. The number of rotatable bonds is 4. The molecule has 0 fully saturated rings. The fourth-order valence-electron chi connectivity index (χ4n) is 1.82. The second-order valence-electron chi connectivity index (χ2n) is 4.50. The Kier molecular flexibility index (Phi) is 5.02. The summed E-state index contributed by atoms with van der Waals surface area (Å²) in [5.41, 5.74) is 7.40. The van der Waals surface area contributed by atoms with Crippen molar-refractivity contribution < 1.29 is 9.13 Å². The molecule has 2 nitrogen and oxygen atoms in total. The molecule has 0 bridgehead atoms. The van der Waals surface area contributed by atoms with Crippen molar-refractivity contribution >= 4 is 27.5 Å². The van der Waals surface area contributed by atoms with Crippen LogP contribution in [-0.2, 0) is 6.61 Å². The van der Waals surface area contributed by atoms with Crippen LogP contribution in [0.25, 0.3) is 0 Å². The molecule has 0 aliphatic rings. The van der Waals surface area contributed by atoms with Crippen molar-refractivity contribution in [3.05, 3.63) is 62.8 Å². The van der Waals surface area contributed by atoms with Gasteiger partial charge in [0.05, 0.1) is 0 Å². The third-order valence-corrected chi connectivity index (χ3v) is 3.72. The maximum Gasteiger partial charge on any atom is 0.124 e. The van der Waals surface area contributed by atoms with Crippen LogP contribution in [0, 0.1) is 5.82 Å². The van der Waals surface area contributed by atoms with Crippen LogP contribution in [0.4, 0.5) is 4.39 Å². The summed E-state index contributed by atoms with van der Waals surface area (Å²) in [6.45, 7) is 2.07. The minimum absolute atomic E-state index is 0.162. The van der Waals surface area contributed by atoms with Gasteiger partial charge in [0.1, 0.15) is 18.2 Å². The molecule has 0 radical (unpaired) electrons. The highest BCUT2D eigenvalue weighted by Gasteiger charge is 2.10. The third kappa shape index (κ3) is 3.72. The Morgan fingerprint density at radius 2 is 2.05 bits per heavy atom. The van der Waals surface area contributed by atoms with Gasteiger partial charge in [-0.3, -0.25) is 0 Å². The largest absolute Gasteiger partial charge is 0.489 e. The second-order valence-corrected chi connectivity index (χ2v) is 5.82. The first-order valence-electron chi connectivity index (χ1n) is 6.09. The summed E-state index contributed by atoms with van der Waals surface area (Å²) in [7, 11) is 0. The molecule has 2 rings (SSSR count). The Bertz CT molecular complexity index is 619. The van der Waals surface area contributed by atoms with Gasteiger partial charge in [0.25, 0.3) is 0 Å². The molecule has 106 valence electrons. The van der Waals surface area contributed by atoms with Crippen LogP contribution in [0.1, 0.15) is 24.1 Å². The molecule has 0 aliphatic heterocycles. The summed E-state index contributed by atoms with van der Waals surface area (Å²) < 4.78 is 19.8. The van der Waals surface area contributed by atoms with Crippen LogP contribution >= 0.6 is 27.5 Å². The zero-order valence-electron chi connectivity index (χ0n) is 10.9. The van der Waals surface area contributed by atoms with E-state index >= 15 is 0 Å². The van der Waals surface area contributed by atoms with Gasteiger partial charge in [-0.25, -0.2) is 4.39 Å². The van der Waals surface area contributed by atoms with Gasteiger partial charge in [-0.1, -0.05) is 27.5 Å². The maximum atomic E-state index is 13.2. The summed E-state index contributed by atoms with van der Waals surface area (Å²) in [5.74, 6) is 0.333. The van der Waals surface area contributed by atoms with Gasteiger partial charge in [0, 0.05) is 26.7 Å². The lowest BCUT2D eigenvalue weighted by Gasteiger charge is -2.15. The standard InChI is InChI=1S/C15H14BrClFNO/c1-9(19)13-7-11(16)2-5-15(13)20-8-10-6-12(18)3-4-14(10)17/h2-7,9H,8,19H2,1H3/t9-/m0/s1. The Morgan fingerprint density at radius 1 is 1.30 bits per heavy atom. The van der Waals surface area contributed by atoms with E-state index in [-0.39, 0.29) is 18.5 Å². The van der Waals surface area contributed by atoms with Gasteiger partial charge in [-0.05, 0) is 43.3 Å². The number of nitrogens with two attached hydrogens (primary N) is 1. The number of ether oxygens (including phenoxy) is 1. The first-order chi connectivity index (χ1) is 9.47. The summed E-state index contributed by atoms with van der Waals surface area (Å²) in [6, 6.07) is 9.65. The van der Waals surface area contributed by atoms with Crippen molar-refractivity contribution in [2.24, 2.45) is 5.73 Å². The zero-order valence-corrected chi connectivity index (χ0v) is 13.2. The average molecular weight is 359 g/mol. The summed E-state index contributed by atoms with van der Waals surface area (Å²) in [6.07, 6.45) is 0. The molecule has 5 heteroatoms. The third-order valence-electron chi connectivity index (χ3n) is 2.85. The molecule has 0 aliphatic carbocycles. The van der Waals surface area contributed by atoms with Crippen molar-refractivity contribution in [1.82, 2.24) is 0 Å². The normalized spacial score (nSPS) is 12.2. The fraction of sp³-hybridized carbons (Fsp3) is 0.200. The fourth-order valence-corrected chi connectivity index (χ4v) is 2.37. The second kappa shape index (κ2) is 6.57. The van der Waals surface area contributed by atoms with E-state index in [0.717, 1.165) is 10.0 Å². The molecule has 2 aromatic carbocycles. The SMILES string of the molecule is C[C@H](N)c1cc(Br)ccc1OCc1cc(F)ccc1Cl. The lowest BCUT2D eigenvalue weighted by molar-refractivity contribution is 0.301. The number of hydrogen-bond donors (Lipinski definition) is 1. The van der Waals surface area contributed by atoms with Gasteiger partial charge in [-0.15, -0.1) is 0 Å². The topological polar surface area (TPSA) is 35.2 Å². The molecule has 0 heterocycles. The van der Waals surface area contributed by atoms with E-state index in [0.29, 0.717) is 16.3 Å². The van der Waals surface area contributed by atoms with Crippen molar-refractivity contribution in [3.8, 4) is 5.75 Å². The minimum atomic E-state index is -0.337. The molecule has 1 atom stereocenters. The summed E-state index contributed by atoms with van der Waals surface area (Å²) in [4.78, 5) is 0. The predicted molar refractivity (Wildman–Crippen MR) is 82.5 cm³/mol. The molecule has 0 unspecified atom stereocenters. The van der Waals surface area contributed by atoms with Crippen LogP contribution < -0.4 is 10.5 Å². The minimum Gasteiger partial charge on any atom is -0.489 e. The van der Waals surface area contributed by atoms with Gasteiger partial charge < -0.3 is 10.5 Å². The van der Waals surface area contributed by atoms with Crippen LogP contribution in [0.2, 0.25) is 5.02 Å². The van der Waals surface area contributed by atoms with Crippen molar-refractivity contribution in [1.29, 1.82) is 0 Å². The molecular weight excluding hydrogens is 345 g/mol. The molecule has 20 heavy (non-hydrogen) atoms. The number of hydrogen-bond acceptors (Lipinski definition) is 2. The summed E-state index contributed by atoms with van der Waals surface area (Å²) in [5, 5.41) is 0.478. The molecule has 0 amide bonds. The Balaban J connectivity index is 2.20. The van der Waals surface area contributed by atoms with Gasteiger partial charge in [0.15, 0.2) is 0 Å². The highest BCUT2D eigenvalue weighted by molar-refractivity contribution is 9.10. The summed E-state index contributed by atoms with van der Waals surface area (Å²) >= 11 is 9.41. The quantitative estimate of drug-likeness (QED) is 0.848. The molecule has 0 saturated carbocycles. The predicted octanol–water partition coefficient (Wildman–Crippen LogP) is 4.84. The van der Waals surface area contributed by atoms with E-state index in [2.05, 4.69) is 15.9 Å². The molecule has 0 spiro atoms. The molecule has 2 aromatic rings. The van der Waals surface area contributed by atoms with E-state index in [4.69, 9.17) is 22.1 Å². The lowest BCUT2D eigenvalue weighted by atomic mass is 10.1. The van der Waals surface area contributed by atoms with Crippen LogP contribution in [0.3, 0.4) is 0 Å². The van der Waals surface area contributed by atoms with E-state index in [1.165, 1.54) is 18.2 Å². The van der Waals surface area contributed by atoms with Gasteiger partial charge in [0.2, 0.25) is 0 Å². The Hall–Kier alpha value is -1.10. The Morgan fingerprint density at radius 3 is 2.75 bits per heavy atom. The van der Waals surface area contributed by atoms with Crippen molar-refractivity contribution in [3.63, 3.8) is 0 Å². The molecule has 2 N–H and O–H groups in total. The van der Waals surface area contributed by atoms with Gasteiger partial charge >= 0.3 is 0 Å². The first-order valence-corrected chi connectivity index (χ1v) is 7.26. The van der Waals surface area contributed by atoms with Crippen LogP contribution in [0.5, 0.6) is 5.75 Å².